The molecule has 0 nitrogen and oxygen atoms in total. The summed E-state index contributed by atoms with van der Waals surface area (Å²) < 4.78 is 0. The molecular formula is C12H7ClS2. The number of halogens is 1. The highest BCUT2D eigenvalue weighted by Gasteiger charge is 2.16. The number of fused-ring (bicyclic) bond motifs is 2. The standard InChI is InChI=1S/C12H7ClS2/c13-8-5-6-11-12(7-8)15-10-4-2-1-3-9(10)14-11/h1-7H. The highest BCUT2D eigenvalue weighted by Crippen LogP contribution is 2.48. The molecular weight excluding hydrogens is 244 g/mol. The monoisotopic (exact) mass is 250 g/mol. The second kappa shape index (κ2) is 3.78. The smallest absolute Gasteiger partial charge is 0.0418 e. The van der Waals surface area contributed by atoms with Crippen molar-refractivity contribution in [3.8, 4) is 0 Å². The summed E-state index contributed by atoms with van der Waals surface area (Å²) in [6.45, 7) is 0. The van der Waals surface area contributed by atoms with Gasteiger partial charge in [0, 0.05) is 24.6 Å². The molecule has 0 atom stereocenters. The largest absolute Gasteiger partial charge is 0.0877 e. The topological polar surface area (TPSA) is 0 Å². The van der Waals surface area contributed by atoms with Crippen molar-refractivity contribution in [3.05, 3.63) is 47.5 Å². The van der Waals surface area contributed by atoms with E-state index < -0.39 is 0 Å². The first-order chi connectivity index (χ1) is 7.33. The van der Waals surface area contributed by atoms with Gasteiger partial charge in [-0.05, 0) is 30.3 Å². The zero-order valence-corrected chi connectivity index (χ0v) is 10.1. The van der Waals surface area contributed by atoms with Gasteiger partial charge >= 0.3 is 0 Å². The van der Waals surface area contributed by atoms with E-state index in [1.807, 2.05) is 23.9 Å². The first-order valence-electron chi connectivity index (χ1n) is 4.57. The molecule has 1 aliphatic heterocycles. The summed E-state index contributed by atoms with van der Waals surface area (Å²) in [6, 6.07) is 14.5. The van der Waals surface area contributed by atoms with Crippen LogP contribution in [-0.2, 0) is 0 Å². The lowest BCUT2D eigenvalue weighted by Crippen LogP contribution is -1.88. The van der Waals surface area contributed by atoms with Crippen LogP contribution in [0.3, 0.4) is 0 Å². The molecule has 0 unspecified atom stereocenters. The van der Waals surface area contributed by atoms with Gasteiger partial charge in [0.2, 0.25) is 0 Å². The molecule has 0 amide bonds. The molecule has 2 aromatic carbocycles. The normalized spacial score (nSPS) is 13.1. The first-order valence-corrected chi connectivity index (χ1v) is 6.58. The van der Waals surface area contributed by atoms with Crippen LogP contribution in [0.1, 0.15) is 0 Å². The minimum Gasteiger partial charge on any atom is -0.0877 e. The molecule has 15 heavy (non-hydrogen) atoms. The molecule has 0 spiro atoms. The number of benzene rings is 2. The number of rotatable bonds is 0. The molecule has 3 heteroatoms. The molecule has 0 aliphatic carbocycles. The van der Waals surface area contributed by atoms with Crippen LogP contribution in [0.2, 0.25) is 5.02 Å². The summed E-state index contributed by atoms with van der Waals surface area (Å²) in [5.74, 6) is 0. The van der Waals surface area contributed by atoms with Crippen molar-refractivity contribution in [2.45, 2.75) is 19.6 Å². The molecule has 1 heterocycles. The Kier molecular flexibility index (Phi) is 2.43. The Balaban J connectivity index is 2.11. The highest BCUT2D eigenvalue weighted by molar-refractivity contribution is 8.05. The molecule has 0 bridgehead atoms. The van der Waals surface area contributed by atoms with E-state index in [1.54, 1.807) is 11.8 Å². The van der Waals surface area contributed by atoms with E-state index in [4.69, 9.17) is 11.6 Å². The highest BCUT2D eigenvalue weighted by atomic mass is 35.5. The van der Waals surface area contributed by atoms with E-state index in [1.165, 1.54) is 19.6 Å². The van der Waals surface area contributed by atoms with Crippen molar-refractivity contribution < 1.29 is 0 Å². The average Bonchev–Trinajstić information content (AvgIpc) is 2.26. The Morgan fingerprint density at radius 3 is 2.07 bits per heavy atom. The maximum atomic E-state index is 5.98. The summed E-state index contributed by atoms with van der Waals surface area (Å²) in [7, 11) is 0. The molecule has 0 saturated carbocycles. The molecule has 0 radical (unpaired) electrons. The molecule has 74 valence electrons. The van der Waals surface area contributed by atoms with Crippen molar-refractivity contribution >= 4 is 35.1 Å². The van der Waals surface area contributed by atoms with E-state index in [2.05, 4.69) is 30.3 Å². The summed E-state index contributed by atoms with van der Waals surface area (Å²) in [5.41, 5.74) is 0. The lowest BCUT2D eigenvalue weighted by atomic mass is 10.3. The quantitative estimate of drug-likeness (QED) is 0.553. The SMILES string of the molecule is Clc1ccc2c(c1)Sc1ccccc1S2. The Hall–Kier alpha value is -0.570. The average molecular weight is 251 g/mol. The fourth-order valence-electron chi connectivity index (χ4n) is 1.50. The van der Waals surface area contributed by atoms with Crippen LogP contribution in [0.4, 0.5) is 0 Å². The lowest BCUT2D eigenvalue weighted by Gasteiger charge is -2.17. The van der Waals surface area contributed by atoms with Crippen LogP contribution < -0.4 is 0 Å². The predicted octanol–water partition coefficient (Wildman–Crippen LogP) is 4.96. The number of hydrogen-bond acceptors (Lipinski definition) is 2. The first kappa shape index (κ1) is 9.64. The van der Waals surface area contributed by atoms with Crippen LogP contribution in [0.15, 0.2) is 62.0 Å². The molecule has 0 N–H and O–H groups in total. The second-order valence-corrected chi connectivity index (χ2v) is 5.85. The van der Waals surface area contributed by atoms with Crippen LogP contribution in [0, 0.1) is 0 Å². The minimum absolute atomic E-state index is 0.807. The predicted molar refractivity (Wildman–Crippen MR) is 66.1 cm³/mol. The molecule has 1 aliphatic rings. The van der Waals surface area contributed by atoms with Crippen LogP contribution in [-0.4, -0.2) is 0 Å². The zero-order valence-electron chi connectivity index (χ0n) is 7.74. The third-order valence-electron chi connectivity index (χ3n) is 2.19. The summed E-state index contributed by atoms with van der Waals surface area (Å²) in [5, 5.41) is 0.807. The molecule has 2 aromatic rings. The fourth-order valence-corrected chi connectivity index (χ4v) is 3.99. The van der Waals surface area contributed by atoms with Gasteiger partial charge in [0.1, 0.15) is 0 Å². The van der Waals surface area contributed by atoms with Gasteiger partial charge in [0.15, 0.2) is 0 Å². The molecule has 0 aromatic heterocycles. The van der Waals surface area contributed by atoms with Crippen LogP contribution >= 0.6 is 35.1 Å². The van der Waals surface area contributed by atoms with Crippen molar-refractivity contribution in [2.75, 3.05) is 0 Å². The van der Waals surface area contributed by atoms with Gasteiger partial charge < -0.3 is 0 Å². The molecule has 3 rings (SSSR count). The van der Waals surface area contributed by atoms with Crippen LogP contribution in [0.25, 0.3) is 0 Å². The van der Waals surface area contributed by atoms with Gasteiger partial charge in [-0.2, -0.15) is 0 Å². The second-order valence-electron chi connectivity index (χ2n) is 3.24. The van der Waals surface area contributed by atoms with Gasteiger partial charge in [-0.15, -0.1) is 0 Å². The summed E-state index contributed by atoms with van der Waals surface area (Å²) >= 11 is 9.58. The van der Waals surface area contributed by atoms with Gasteiger partial charge in [-0.3, -0.25) is 0 Å². The van der Waals surface area contributed by atoms with E-state index in [-0.39, 0.29) is 0 Å². The van der Waals surface area contributed by atoms with Crippen molar-refractivity contribution in [1.82, 2.24) is 0 Å². The van der Waals surface area contributed by atoms with Gasteiger partial charge in [0.05, 0.1) is 0 Å². The number of hydrogen-bond donors (Lipinski definition) is 0. The van der Waals surface area contributed by atoms with E-state index in [9.17, 15) is 0 Å². The fraction of sp³-hybridized carbons (Fsp3) is 0. The van der Waals surface area contributed by atoms with E-state index >= 15 is 0 Å². The van der Waals surface area contributed by atoms with Crippen molar-refractivity contribution in [2.24, 2.45) is 0 Å². The van der Waals surface area contributed by atoms with E-state index in [0.29, 0.717) is 0 Å². The minimum atomic E-state index is 0.807. The Morgan fingerprint density at radius 1 is 0.733 bits per heavy atom. The maximum Gasteiger partial charge on any atom is 0.0418 e. The maximum absolute atomic E-state index is 5.98. The third kappa shape index (κ3) is 1.78. The lowest BCUT2D eigenvalue weighted by molar-refractivity contribution is 1.16. The Bertz CT molecular complexity index is 523. The molecule has 0 fully saturated rings. The van der Waals surface area contributed by atoms with Gasteiger partial charge in [0.25, 0.3) is 0 Å². The van der Waals surface area contributed by atoms with Gasteiger partial charge in [-0.25, -0.2) is 0 Å². The van der Waals surface area contributed by atoms with Crippen molar-refractivity contribution in [1.29, 1.82) is 0 Å². The molecule has 0 saturated heterocycles. The Morgan fingerprint density at radius 2 is 1.33 bits per heavy atom. The van der Waals surface area contributed by atoms with E-state index in [0.717, 1.165) is 5.02 Å². The van der Waals surface area contributed by atoms with Gasteiger partial charge in [-0.1, -0.05) is 47.3 Å². The summed E-state index contributed by atoms with van der Waals surface area (Å²) in [4.78, 5) is 5.20. The van der Waals surface area contributed by atoms with Crippen LogP contribution in [0.5, 0.6) is 0 Å². The third-order valence-corrected chi connectivity index (χ3v) is 4.97. The summed E-state index contributed by atoms with van der Waals surface area (Å²) in [6.07, 6.45) is 0. The van der Waals surface area contributed by atoms with Crippen molar-refractivity contribution in [3.63, 3.8) is 0 Å². The Labute approximate surface area is 102 Å². The zero-order chi connectivity index (χ0) is 10.3.